The van der Waals surface area contributed by atoms with E-state index in [1.807, 2.05) is 19.9 Å². The number of hydrogen-bond donors (Lipinski definition) is 1. The number of pyridine rings is 1. The Kier molecular flexibility index (Phi) is 4.74. The molecule has 0 aliphatic carbocycles. The molecule has 0 atom stereocenters. The van der Waals surface area contributed by atoms with Crippen LogP contribution >= 0.6 is 15.9 Å². The van der Waals surface area contributed by atoms with E-state index >= 15 is 0 Å². The number of amides is 1. The summed E-state index contributed by atoms with van der Waals surface area (Å²) in [7, 11) is 0. The number of nitrogens with one attached hydrogen (secondary N) is 1. The van der Waals surface area contributed by atoms with E-state index in [0.717, 1.165) is 15.8 Å². The molecular weight excluding hydrogens is 320 g/mol. The summed E-state index contributed by atoms with van der Waals surface area (Å²) in [5.74, 6) is 1.11. The van der Waals surface area contributed by atoms with E-state index in [0.29, 0.717) is 18.0 Å². The lowest BCUT2D eigenvalue weighted by molar-refractivity contribution is 0.102. The lowest BCUT2D eigenvalue weighted by atomic mass is 10.1. The van der Waals surface area contributed by atoms with Gasteiger partial charge in [-0.05, 0) is 49.7 Å². The van der Waals surface area contributed by atoms with Crippen molar-refractivity contribution in [3.05, 3.63) is 52.1 Å². The maximum Gasteiger partial charge on any atom is 0.256 e. The van der Waals surface area contributed by atoms with Gasteiger partial charge in [-0.3, -0.25) is 4.79 Å². The Hall–Kier alpha value is -1.88. The normalized spacial score (nSPS) is 10.2. The highest BCUT2D eigenvalue weighted by atomic mass is 79.9. The van der Waals surface area contributed by atoms with Crippen molar-refractivity contribution >= 4 is 27.7 Å². The number of hydrogen-bond acceptors (Lipinski definition) is 3. The van der Waals surface area contributed by atoms with Gasteiger partial charge in [0.2, 0.25) is 0 Å². The summed E-state index contributed by atoms with van der Waals surface area (Å²) in [4.78, 5) is 16.2. The summed E-state index contributed by atoms with van der Waals surface area (Å²) in [5.41, 5.74) is 1.51. The average Bonchev–Trinajstić information content (AvgIpc) is 2.41. The number of ether oxygens (including phenoxy) is 1. The van der Waals surface area contributed by atoms with Crippen LogP contribution < -0.4 is 10.1 Å². The number of halogens is 1. The summed E-state index contributed by atoms with van der Waals surface area (Å²) < 4.78 is 6.32. The van der Waals surface area contributed by atoms with Gasteiger partial charge < -0.3 is 10.1 Å². The van der Waals surface area contributed by atoms with Crippen LogP contribution in [0.1, 0.15) is 22.8 Å². The molecule has 0 saturated carbocycles. The van der Waals surface area contributed by atoms with Gasteiger partial charge in [0.15, 0.2) is 0 Å². The molecule has 1 aromatic carbocycles. The molecule has 0 unspecified atom stereocenters. The van der Waals surface area contributed by atoms with E-state index in [1.165, 1.54) is 0 Å². The van der Waals surface area contributed by atoms with Gasteiger partial charge in [-0.25, -0.2) is 4.98 Å². The topological polar surface area (TPSA) is 51.2 Å². The molecule has 1 N–H and O–H groups in total. The van der Waals surface area contributed by atoms with E-state index in [1.54, 1.807) is 30.5 Å². The highest BCUT2D eigenvalue weighted by Gasteiger charge is 2.09. The second kappa shape index (κ2) is 6.52. The lowest BCUT2D eigenvalue weighted by Crippen LogP contribution is -2.13. The SMILES string of the molecule is CCOc1ccc(C(=O)Nc2cc(Br)ccn2)cc1C. The first-order valence-electron chi connectivity index (χ1n) is 6.26. The minimum atomic E-state index is -0.193. The molecule has 1 aromatic heterocycles. The lowest BCUT2D eigenvalue weighted by Gasteiger charge is -2.09. The predicted octanol–water partition coefficient (Wildman–Crippen LogP) is 3.80. The van der Waals surface area contributed by atoms with Gasteiger partial charge in [-0.15, -0.1) is 0 Å². The summed E-state index contributed by atoms with van der Waals surface area (Å²) >= 11 is 3.34. The monoisotopic (exact) mass is 334 g/mol. The Morgan fingerprint density at radius 2 is 2.15 bits per heavy atom. The van der Waals surface area contributed by atoms with Crippen LogP contribution in [-0.4, -0.2) is 17.5 Å². The quantitative estimate of drug-likeness (QED) is 0.925. The largest absolute Gasteiger partial charge is 0.494 e. The number of aromatic nitrogens is 1. The van der Waals surface area contributed by atoms with Crippen molar-refractivity contribution in [1.82, 2.24) is 4.98 Å². The molecule has 0 aliphatic rings. The van der Waals surface area contributed by atoms with E-state index in [2.05, 4.69) is 26.2 Å². The highest BCUT2D eigenvalue weighted by molar-refractivity contribution is 9.10. The van der Waals surface area contributed by atoms with Crippen LogP contribution in [0.3, 0.4) is 0 Å². The van der Waals surface area contributed by atoms with Crippen molar-refractivity contribution in [2.45, 2.75) is 13.8 Å². The zero-order valence-electron chi connectivity index (χ0n) is 11.3. The van der Waals surface area contributed by atoms with Crippen LogP contribution in [0.15, 0.2) is 41.0 Å². The highest BCUT2D eigenvalue weighted by Crippen LogP contribution is 2.20. The summed E-state index contributed by atoms with van der Waals surface area (Å²) in [6, 6.07) is 8.90. The minimum Gasteiger partial charge on any atom is -0.494 e. The van der Waals surface area contributed by atoms with Crippen molar-refractivity contribution in [2.75, 3.05) is 11.9 Å². The molecule has 0 saturated heterocycles. The van der Waals surface area contributed by atoms with Gasteiger partial charge >= 0.3 is 0 Å². The van der Waals surface area contributed by atoms with Crippen LogP contribution in [0.2, 0.25) is 0 Å². The van der Waals surface area contributed by atoms with Crippen molar-refractivity contribution in [2.24, 2.45) is 0 Å². The molecule has 2 rings (SSSR count). The van der Waals surface area contributed by atoms with Gasteiger partial charge in [-0.2, -0.15) is 0 Å². The van der Waals surface area contributed by atoms with E-state index in [-0.39, 0.29) is 5.91 Å². The number of nitrogens with zero attached hydrogens (tertiary/aromatic N) is 1. The molecule has 0 fully saturated rings. The van der Waals surface area contributed by atoms with Crippen LogP contribution in [0.25, 0.3) is 0 Å². The molecule has 20 heavy (non-hydrogen) atoms. The summed E-state index contributed by atoms with van der Waals surface area (Å²) in [6.45, 7) is 4.45. The number of anilines is 1. The molecule has 2 aromatic rings. The van der Waals surface area contributed by atoms with Gasteiger partial charge in [0.05, 0.1) is 6.61 Å². The molecule has 1 heterocycles. The molecule has 0 spiro atoms. The van der Waals surface area contributed by atoms with Gasteiger partial charge in [0, 0.05) is 16.2 Å². The zero-order chi connectivity index (χ0) is 14.5. The summed E-state index contributed by atoms with van der Waals surface area (Å²) in [6.07, 6.45) is 1.63. The number of carbonyl (C=O) groups is 1. The van der Waals surface area contributed by atoms with Crippen molar-refractivity contribution < 1.29 is 9.53 Å². The third kappa shape index (κ3) is 3.57. The zero-order valence-corrected chi connectivity index (χ0v) is 12.9. The fourth-order valence-electron chi connectivity index (χ4n) is 1.77. The third-order valence-electron chi connectivity index (χ3n) is 2.70. The second-order valence-corrected chi connectivity index (χ2v) is 5.14. The fraction of sp³-hybridized carbons (Fsp3) is 0.200. The summed E-state index contributed by atoms with van der Waals surface area (Å²) in [5, 5.41) is 2.76. The number of benzene rings is 1. The minimum absolute atomic E-state index is 0.193. The molecule has 5 heteroatoms. The van der Waals surface area contributed by atoms with Crippen molar-refractivity contribution in [3.8, 4) is 5.75 Å². The third-order valence-corrected chi connectivity index (χ3v) is 3.19. The number of aryl methyl sites for hydroxylation is 1. The fourth-order valence-corrected chi connectivity index (χ4v) is 2.10. The van der Waals surface area contributed by atoms with Crippen molar-refractivity contribution in [3.63, 3.8) is 0 Å². The second-order valence-electron chi connectivity index (χ2n) is 4.23. The average molecular weight is 335 g/mol. The molecule has 4 nitrogen and oxygen atoms in total. The maximum absolute atomic E-state index is 12.1. The van der Waals surface area contributed by atoms with Gasteiger partial charge in [0.1, 0.15) is 11.6 Å². The van der Waals surface area contributed by atoms with Crippen LogP contribution in [0.5, 0.6) is 5.75 Å². The Morgan fingerprint density at radius 3 is 2.80 bits per heavy atom. The van der Waals surface area contributed by atoms with Gasteiger partial charge in [0.25, 0.3) is 5.91 Å². The standard InChI is InChI=1S/C15H15BrN2O2/c1-3-20-13-5-4-11(8-10(13)2)15(19)18-14-9-12(16)6-7-17-14/h4-9H,3H2,1-2H3,(H,17,18,19). The van der Waals surface area contributed by atoms with E-state index in [4.69, 9.17) is 4.74 Å². The van der Waals surface area contributed by atoms with Crippen LogP contribution in [0.4, 0.5) is 5.82 Å². The Morgan fingerprint density at radius 1 is 1.35 bits per heavy atom. The molecule has 1 amide bonds. The van der Waals surface area contributed by atoms with Crippen molar-refractivity contribution in [1.29, 1.82) is 0 Å². The first kappa shape index (κ1) is 14.5. The molecule has 0 radical (unpaired) electrons. The molecule has 0 aliphatic heterocycles. The molecule has 0 bridgehead atoms. The number of rotatable bonds is 4. The number of carbonyl (C=O) groups excluding carboxylic acids is 1. The first-order chi connectivity index (χ1) is 9.60. The van der Waals surface area contributed by atoms with Crippen LogP contribution in [0, 0.1) is 6.92 Å². The molecular formula is C15H15BrN2O2. The predicted molar refractivity (Wildman–Crippen MR) is 82.2 cm³/mol. The Labute approximate surface area is 126 Å². The molecule has 104 valence electrons. The van der Waals surface area contributed by atoms with Crippen LogP contribution in [-0.2, 0) is 0 Å². The van der Waals surface area contributed by atoms with E-state index in [9.17, 15) is 4.79 Å². The Balaban J connectivity index is 2.15. The Bertz CT molecular complexity index is 629. The smallest absolute Gasteiger partial charge is 0.256 e. The first-order valence-corrected chi connectivity index (χ1v) is 7.06. The van der Waals surface area contributed by atoms with E-state index < -0.39 is 0 Å². The maximum atomic E-state index is 12.1. The van der Waals surface area contributed by atoms with Gasteiger partial charge in [-0.1, -0.05) is 15.9 Å².